The summed E-state index contributed by atoms with van der Waals surface area (Å²) in [5.74, 6) is -1.23. The Balaban J connectivity index is 2.24. The van der Waals surface area contributed by atoms with Crippen LogP contribution in [0.15, 0.2) is 12.1 Å². The van der Waals surface area contributed by atoms with Crippen molar-refractivity contribution in [2.45, 2.75) is 5.79 Å². The topological polar surface area (TPSA) is 56.8 Å². The lowest BCUT2D eigenvalue weighted by atomic mass is 10.1. The molecule has 1 amide bonds. The van der Waals surface area contributed by atoms with E-state index in [1.165, 1.54) is 7.11 Å². The molecule has 0 aliphatic carbocycles. The van der Waals surface area contributed by atoms with Crippen molar-refractivity contribution >= 4 is 23.2 Å². The number of hydrogen-bond acceptors (Lipinski definition) is 4. The summed E-state index contributed by atoms with van der Waals surface area (Å²) in [4.78, 5) is 12.0. The molecule has 0 unspecified atom stereocenters. The zero-order valence-electron chi connectivity index (χ0n) is 9.08. The standard InChI is InChI=1S/C11H10ClNO4/c1-15-7-3-2-6(12)8-9(7)13-10(14)11(8)16-4-5-17-11/h2-3H,4-5H2,1H3,(H,13,14). The van der Waals surface area contributed by atoms with Crippen molar-refractivity contribution in [3.63, 3.8) is 0 Å². The van der Waals surface area contributed by atoms with Crippen molar-refractivity contribution in [1.29, 1.82) is 0 Å². The predicted octanol–water partition coefficient (Wildman–Crippen LogP) is 1.50. The molecule has 6 heteroatoms. The molecule has 1 fully saturated rings. The van der Waals surface area contributed by atoms with Crippen molar-refractivity contribution < 1.29 is 19.0 Å². The third-order valence-electron chi connectivity index (χ3n) is 2.90. The number of carbonyl (C=O) groups is 1. The van der Waals surface area contributed by atoms with Gasteiger partial charge in [-0.2, -0.15) is 0 Å². The maximum Gasteiger partial charge on any atom is 0.290 e. The molecule has 0 radical (unpaired) electrons. The first-order chi connectivity index (χ1) is 8.19. The van der Waals surface area contributed by atoms with E-state index in [4.69, 9.17) is 25.8 Å². The van der Waals surface area contributed by atoms with Crippen LogP contribution in [0.3, 0.4) is 0 Å². The highest BCUT2D eigenvalue weighted by molar-refractivity contribution is 6.33. The highest BCUT2D eigenvalue weighted by Gasteiger charge is 2.54. The molecule has 2 aliphatic rings. The van der Waals surface area contributed by atoms with Crippen LogP contribution in [0.2, 0.25) is 5.02 Å². The van der Waals surface area contributed by atoms with Crippen LogP contribution in [0.4, 0.5) is 5.69 Å². The van der Waals surface area contributed by atoms with Crippen molar-refractivity contribution in [3.05, 3.63) is 22.7 Å². The smallest absolute Gasteiger partial charge is 0.290 e. The number of fused-ring (bicyclic) bond motifs is 2. The molecule has 1 aromatic rings. The van der Waals surface area contributed by atoms with Gasteiger partial charge in [0.2, 0.25) is 0 Å². The lowest BCUT2D eigenvalue weighted by molar-refractivity contribution is -0.178. The van der Waals surface area contributed by atoms with Crippen molar-refractivity contribution in [2.24, 2.45) is 0 Å². The molecule has 1 spiro atoms. The third-order valence-corrected chi connectivity index (χ3v) is 3.21. The molecule has 2 heterocycles. The fourth-order valence-corrected chi connectivity index (χ4v) is 2.45. The Morgan fingerprint density at radius 2 is 2.12 bits per heavy atom. The third kappa shape index (κ3) is 1.30. The number of rotatable bonds is 1. The van der Waals surface area contributed by atoms with Gasteiger partial charge in [0, 0.05) is 0 Å². The minimum Gasteiger partial charge on any atom is -0.495 e. The van der Waals surface area contributed by atoms with Gasteiger partial charge >= 0.3 is 0 Å². The van der Waals surface area contributed by atoms with Crippen LogP contribution in [0.25, 0.3) is 0 Å². The molecule has 3 rings (SSSR count). The molecule has 90 valence electrons. The van der Waals surface area contributed by atoms with E-state index in [2.05, 4.69) is 5.32 Å². The summed E-state index contributed by atoms with van der Waals surface area (Å²) in [6, 6.07) is 3.35. The van der Waals surface area contributed by atoms with E-state index in [1.807, 2.05) is 0 Å². The molecule has 0 saturated carbocycles. The SMILES string of the molecule is COc1ccc(Cl)c2c1NC(=O)C21OCCO1. The van der Waals surface area contributed by atoms with Crippen molar-refractivity contribution in [3.8, 4) is 5.75 Å². The fraction of sp³-hybridized carbons (Fsp3) is 0.364. The Hall–Kier alpha value is -1.30. The second-order valence-electron chi connectivity index (χ2n) is 3.77. The number of halogens is 1. The van der Waals surface area contributed by atoms with Crippen LogP contribution in [0.5, 0.6) is 5.75 Å². The first-order valence-electron chi connectivity index (χ1n) is 5.15. The number of nitrogens with one attached hydrogen (secondary N) is 1. The highest BCUT2D eigenvalue weighted by atomic mass is 35.5. The zero-order chi connectivity index (χ0) is 12.0. The number of ether oxygens (including phenoxy) is 3. The fourth-order valence-electron chi connectivity index (χ4n) is 2.17. The number of benzene rings is 1. The monoisotopic (exact) mass is 255 g/mol. The van der Waals surface area contributed by atoms with Gasteiger partial charge in [-0.3, -0.25) is 4.79 Å². The van der Waals surface area contributed by atoms with Crippen molar-refractivity contribution in [1.82, 2.24) is 0 Å². The maximum atomic E-state index is 12.0. The molecule has 1 saturated heterocycles. The normalized spacial score (nSPS) is 20.5. The number of anilines is 1. The Labute approximate surface area is 103 Å². The summed E-state index contributed by atoms with van der Waals surface area (Å²) in [5, 5.41) is 3.11. The first-order valence-corrected chi connectivity index (χ1v) is 5.53. The Morgan fingerprint density at radius 3 is 2.76 bits per heavy atom. The molecule has 1 N–H and O–H groups in total. The molecule has 17 heavy (non-hydrogen) atoms. The van der Waals surface area contributed by atoms with Gasteiger partial charge in [-0.25, -0.2) is 0 Å². The van der Waals surface area contributed by atoms with Gasteiger partial charge < -0.3 is 19.5 Å². The molecule has 2 aliphatic heterocycles. The van der Waals surface area contributed by atoms with Crippen LogP contribution < -0.4 is 10.1 Å². The van der Waals surface area contributed by atoms with E-state index in [9.17, 15) is 4.79 Å². The zero-order valence-corrected chi connectivity index (χ0v) is 9.84. The Bertz CT molecular complexity index is 496. The van der Waals surface area contributed by atoms with Gasteiger partial charge in [0.25, 0.3) is 11.7 Å². The van der Waals surface area contributed by atoms with Crippen molar-refractivity contribution in [2.75, 3.05) is 25.6 Å². The number of amides is 1. The van der Waals surface area contributed by atoms with Gasteiger partial charge in [0.1, 0.15) is 5.75 Å². The van der Waals surface area contributed by atoms with Crippen LogP contribution >= 0.6 is 11.6 Å². The number of hydrogen-bond donors (Lipinski definition) is 1. The van der Waals surface area contributed by atoms with Gasteiger partial charge in [-0.1, -0.05) is 11.6 Å². The second-order valence-corrected chi connectivity index (χ2v) is 4.17. The van der Waals surface area contributed by atoms with Gasteiger partial charge in [0.15, 0.2) is 0 Å². The largest absolute Gasteiger partial charge is 0.495 e. The van der Waals surface area contributed by atoms with Crippen LogP contribution in [-0.2, 0) is 20.1 Å². The summed E-state index contributed by atoms with van der Waals surface area (Å²) >= 11 is 6.13. The molecular formula is C11H10ClNO4. The summed E-state index contributed by atoms with van der Waals surface area (Å²) in [6.07, 6.45) is 0. The lowest BCUT2D eigenvalue weighted by Crippen LogP contribution is -2.35. The average Bonchev–Trinajstić information content (AvgIpc) is 2.89. The van der Waals surface area contributed by atoms with E-state index in [0.717, 1.165) is 0 Å². The Kier molecular flexibility index (Phi) is 2.29. The number of methoxy groups -OCH3 is 1. The first kappa shape index (κ1) is 10.8. The summed E-state index contributed by atoms with van der Waals surface area (Å²) in [7, 11) is 1.52. The maximum absolute atomic E-state index is 12.0. The number of carbonyl (C=O) groups excluding carboxylic acids is 1. The van der Waals surface area contributed by atoms with E-state index >= 15 is 0 Å². The highest BCUT2D eigenvalue weighted by Crippen LogP contribution is 2.49. The lowest BCUT2D eigenvalue weighted by Gasteiger charge is -2.20. The van der Waals surface area contributed by atoms with Gasteiger partial charge in [-0.05, 0) is 12.1 Å². The quantitative estimate of drug-likeness (QED) is 0.826. The van der Waals surface area contributed by atoms with Gasteiger partial charge in [-0.15, -0.1) is 0 Å². The molecule has 0 bridgehead atoms. The summed E-state index contributed by atoms with van der Waals surface area (Å²) in [6.45, 7) is 0.723. The van der Waals surface area contributed by atoms with Crippen LogP contribution in [-0.4, -0.2) is 26.2 Å². The van der Waals surface area contributed by atoms with Crippen LogP contribution in [0.1, 0.15) is 5.56 Å². The van der Waals surface area contributed by atoms with E-state index < -0.39 is 5.79 Å². The molecule has 1 aromatic carbocycles. The van der Waals surface area contributed by atoms with E-state index in [0.29, 0.717) is 35.2 Å². The average molecular weight is 256 g/mol. The molecular weight excluding hydrogens is 246 g/mol. The van der Waals surface area contributed by atoms with E-state index in [-0.39, 0.29) is 5.91 Å². The second kappa shape index (κ2) is 3.60. The summed E-state index contributed by atoms with van der Waals surface area (Å²) < 4.78 is 16.1. The van der Waals surface area contributed by atoms with E-state index in [1.54, 1.807) is 12.1 Å². The molecule has 0 atom stereocenters. The molecule has 0 aromatic heterocycles. The van der Waals surface area contributed by atoms with Gasteiger partial charge in [0.05, 0.1) is 36.6 Å². The Morgan fingerprint density at radius 1 is 1.41 bits per heavy atom. The minimum atomic E-state index is -1.40. The minimum absolute atomic E-state index is 0.362. The van der Waals surface area contributed by atoms with Crippen LogP contribution in [0, 0.1) is 0 Å². The predicted molar refractivity (Wildman–Crippen MR) is 60.2 cm³/mol. The molecule has 5 nitrogen and oxygen atoms in total. The summed E-state index contributed by atoms with van der Waals surface area (Å²) in [5.41, 5.74) is 1.02.